The van der Waals surface area contributed by atoms with Gasteiger partial charge in [-0.1, -0.05) is 12.4 Å². The van der Waals surface area contributed by atoms with Gasteiger partial charge in [-0.3, -0.25) is 0 Å². The molecule has 1 aromatic rings. The summed E-state index contributed by atoms with van der Waals surface area (Å²) < 4.78 is 0. The molecule has 1 nitrogen and oxygen atoms in total. The van der Waals surface area contributed by atoms with Crippen LogP contribution < -0.4 is 0 Å². The fourth-order valence-corrected chi connectivity index (χ4v) is 0.277. The fraction of sp³-hybridized carbons (Fsp3) is 0. The molecule has 0 atom stereocenters. The van der Waals surface area contributed by atoms with Crippen molar-refractivity contribution in [3.05, 3.63) is 38.0 Å². The van der Waals surface area contributed by atoms with Crippen LogP contribution in [0, 0.1) is 13.5 Å². The summed E-state index contributed by atoms with van der Waals surface area (Å²) in [5.74, 6) is 0. The van der Waals surface area contributed by atoms with Crippen LogP contribution in [0.1, 0.15) is 0 Å². The minimum Gasteiger partial charge on any atom is -0.391 e. The Hall–Kier alpha value is 0.254. The molecule has 0 unspecified atom stereocenters. The summed E-state index contributed by atoms with van der Waals surface area (Å²) in [6, 6.07) is 6.36. The van der Waals surface area contributed by atoms with Crippen LogP contribution >= 0.6 is 0 Å². The Labute approximate surface area is 75.4 Å². The molecule has 0 bridgehead atoms. The molecule has 0 amide bonds. The second-order valence-corrected chi connectivity index (χ2v) is 0.947. The number of pyridine rings is 1. The molecule has 0 aliphatic heterocycles. The van der Waals surface area contributed by atoms with Crippen LogP contribution in [0.4, 0.5) is 0 Å². The molecule has 0 N–H and O–H groups in total. The van der Waals surface area contributed by atoms with Crippen LogP contribution in [0.5, 0.6) is 0 Å². The van der Waals surface area contributed by atoms with E-state index in [-0.39, 0.29) is 40.1 Å². The average Bonchev–Trinajstić information content (AvgIpc) is 1.72. The minimum atomic E-state index is 0. The van der Waals surface area contributed by atoms with E-state index in [9.17, 15) is 0 Å². The van der Waals surface area contributed by atoms with Gasteiger partial charge in [-0.05, 0) is 0 Å². The van der Waals surface area contributed by atoms with Gasteiger partial charge in [0, 0.05) is 32.7 Å². The molecule has 0 aliphatic carbocycles. The molecule has 1 rings (SSSR count). The standard InChI is InChI=1S/C5H4N.CH3.Y/c1-2-4-6-5-3-1;;/h2-5H;1H3;/q2*-1;. The monoisotopic (exact) mass is 182 g/mol. The van der Waals surface area contributed by atoms with Crippen LogP contribution in [0.15, 0.2) is 24.5 Å². The van der Waals surface area contributed by atoms with Gasteiger partial charge in [-0.25, -0.2) is 0 Å². The van der Waals surface area contributed by atoms with Gasteiger partial charge in [0.15, 0.2) is 0 Å². The summed E-state index contributed by atoms with van der Waals surface area (Å²) in [5, 5.41) is 0. The quantitative estimate of drug-likeness (QED) is 0.551. The molecule has 1 radical (unpaired) electrons. The molecule has 0 spiro atoms. The molecular formula is C6H7NY-2. The van der Waals surface area contributed by atoms with Crippen molar-refractivity contribution in [3.8, 4) is 0 Å². The first-order chi connectivity index (χ1) is 3.00. The molecular weight excluding hydrogens is 175 g/mol. The van der Waals surface area contributed by atoms with E-state index in [1.165, 1.54) is 0 Å². The van der Waals surface area contributed by atoms with Crippen molar-refractivity contribution < 1.29 is 32.7 Å². The molecule has 0 aromatic carbocycles. The molecule has 2 heteroatoms. The van der Waals surface area contributed by atoms with Crippen molar-refractivity contribution in [2.75, 3.05) is 0 Å². The number of nitrogens with zero attached hydrogens (tertiary/aromatic N) is 1. The Morgan fingerprint density at radius 1 is 1.12 bits per heavy atom. The first kappa shape index (κ1) is 11.1. The summed E-state index contributed by atoms with van der Waals surface area (Å²) in [7, 11) is 0. The molecule has 0 aliphatic rings. The Morgan fingerprint density at radius 2 is 1.62 bits per heavy atom. The van der Waals surface area contributed by atoms with Gasteiger partial charge in [0.2, 0.25) is 0 Å². The van der Waals surface area contributed by atoms with E-state index < -0.39 is 0 Å². The van der Waals surface area contributed by atoms with Gasteiger partial charge in [-0.15, -0.1) is 0 Å². The Balaban J connectivity index is 0. The van der Waals surface area contributed by atoms with Gasteiger partial charge in [0.1, 0.15) is 0 Å². The van der Waals surface area contributed by atoms with Gasteiger partial charge in [0.25, 0.3) is 0 Å². The Morgan fingerprint density at radius 3 is 1.75 bits per heavy atom. The fourth-order valence-electron chi connectivity index (χ4n) is 0.277. The van der Waals surface area contributed by atoms with Gasteiger partial charge in [0.05, 0.1) is 0 Å². The number of hydrogen-bond acceptors (Lipinski definition) is 1. The predicted molar refractivity (Wildman–Crippen MR) is 29.5 cm³/mol. The molecule has 0 saturated heterocycles. The summed E-state index contributed by atoms with van der Waals surface area (Å²) in [4.78, 5) is 3.75. The van der Waals surface area contributed by atoms with Crippen molar-refractivity contribution in [2.24, 2.45) is 0 Å². The first-order valence-corrected chi connectivity index (χ1v) is 1.76. The van der Waals surface area contributed by atoms with E-state index in [2.05, 4.69) is 11.1 Å². The third kappa shape index (κ3) is 4.41. The van der Waals surface area contributed by atoms with Crippen LogP contribution in [0.2, 0.25) is 0 Å². The second kappa shape index (κ2) is 7.25. The summed E-state index contributed by atoms with van der Waals surface area (Å²) in [5.41, 5.74) is 0. The van der Waals surface area contributed by atoms with E-state index in [1.807, 2.05) is 0 Å². The van der Waals surface area contributed by atoms with Gasteiger partial charge in [-0.2, -0.15) is 18.2 Å². The van der Waals surface area contributed by atoms with E-state index in [0.29, 0.717) is 0 Å². The Bertz CT molecular complexity index is 80.5. The zero-order chi connectivity index (χ0) is 4.24. The largest absolute Gasteiger partial charge is 0.391 e. The van der Waals surface area contributed by atoms with Gasteiger partial charge < -0.3 is 12.4 Å². The molecule has 0 saturated carbocycles. The minimum absolute atomic E-state index is 0. The van der Waals surface area contributed by atoms with Crippen LogP contribution in [0.3, 0.4) is 0 Å². The normalized spacial score (nSPS) is 6.00. The SMILES string of the molecule is [CH3-].[Y].[c-]1ccncc1. The molecule has 0 fully saturated rings. The van der Waals surface area contributed by atoms with Gasteiger partial charge >= 0.3 is 0 Å². The summed E-state index contributed by atoms with van der Waals surface area (Å²) in [6.45, 7) is 0. The van der Waals surface area contributed by atoms with Crippen LogP contribution in [-0.2, 0) is 32.7 Å². The van der Waals surface area contributed by atoms with E-state index >= 15 is 0 Å². The first-order valence-electron chi connectivity index (χ1n) is 1.76. The Kier molecular flexibility index (Phi) is 10.1. The number of rotatable bonds is 0. The molecule has 1 heterocycles. The molecule has 8 heavy (non-hydrogen) atoms. The third-order valence-corrected chi connectivity index (χ3v) is 0.514. The smallest absolute Gasteiger partial charge is 0 e. The summed E-state index contributed by atoms with van der Waals surface area (Å²) in [6.07, 6.45) is 3.39. The van der Waals surface area contributed by atoms with Crippen molar-refractivity contribution in [2.45, 2.75) is 0 Å². The van der Waals surface area contributed by atoms with E-state index in [1.54, 1.807) is 24.5 Å². The van der Waals surface area contributed by atoms with Crippen molar-refractivity contribution in [3.63, 3.8) is 0 Å². The molecule has 41 valence electrons. The second-order valence-electron chi connectivity index (χ2n) is 0.947. The topological polar surface area (TPSA) is 12.9 Å². The predicted octanol–water partition coefficient (Wildman–Crippen LogP) is 1.33. The zero-order valence-corrected chi connectivity index (χ0v) is 7.67. The number of hydrogen-bond donors (Lipinski definition) is 0. The van der Waals surface area contributed by atoms with Crippen molar-refractivity contribution in [1.82, 2.24) is 4.98 Å². The zero-order valence-electron chi connectivity index (χ0n) is 4.83. The van der Waals surface area contributed by atoms with E-state index in [4.69, 9.17) is 0 Å². The average molecular weight is 182 g/mol. The van der Waals surface area contributed by atoms with Crippen molar-refractivity contribution >= 4 is 0 Å². The maximum atomic E-state index is 3.75. The maximum Gasteiger partial charge on any atom is 0 e. The van der Waals surface area contributed by atoms with Crippen LogP contribution in [-0.4, -0.2) is 4.98 Å². The summed E-state index contributed by atoms with van der Waals surface area (Å²) >= 11 is 0. The van der Waals surface area contributed by atoms with E-state index in [0.717, 1.165) is 0 Å². The maximum absolute atomic E-state index is 3.75. The third-order valence-electron chi connectivity index (χ3n) is 0.514. The number of aromatic nitrogens is 1. The van der Waals surface area contributed by atoms with Crippen LogP contribution in [0.25, 0.3) is 0 Å². The molecule has 1 aromatic heterocycles. The van der Waals surface area contributed by atoms with Crippen molar-refractivity contribution in [1.29, 1.82) is 0 Å².